The van der Waals surface area contributed by atoms with Gasteiger partial charge < -0.3 is 14.6 Å². The van der Waals surface area contributed by atoms with Gasteiger partial charge in [-0.25, -0.2) is 0 Å². The third-order valence-corrected chi connectivity index (χ3v) is 3.26. The highest BCUT2D eigenvalue weighted by atomic mass is 16.5. The number of fused-ring (bicyclic) bond motifs is 1. The van der Waals surface area contributed by atoms with Gasteiger partial charge in [0.2, 0.25) is 5.88 Å². The summed E-state index contributed by atoms with van der Waals surface area (Å²) in [6, 6.07) is 9.32. The molecule has 0 spiro atoms. The second-order valence-corrected chi connectivity index (χ2v) is 5.02. The van der Waals surface area contributed by atoms with Crippen LogP contribution < -0.4 is 10.1 Å². The highest BCUT2D eigenvalue weighted by Gasteiger charge is 2.19. The molecule has 0 aliphatic heterocycles. The molecule has 0 radical (unpaired) electrons. The summed E-state index contributed by atoms with van der Waals surface area (Å²) in [5.41, 5.74) is 0.942. The Hall–Kier alpha value is -2.83. The van der Waals surface area contributed by atoms with Crippen molar-refractivity contribution in [2.24, 2.45) is 7.05 Å². The van der Waals surface area contributed by atoms with E-state index in [1.165, 1.54) is 0 Å². The lowest BCUT2D eigenvalue weighted by Gasteiger charge is -2.11. The van der Waals surface area contributed by atoms with E-state index in [0.717, 1.165) is 10.9 Å². The molecular weight excluding hydrogens is 284 g/mol. The number of carbonyl (C=O) groups is 1. The Morgan fingerprint density at radius 1 is 1.41 bits per heavy atom. The van der Waals surface area contributed by atoms with E-state index in [1.54, 1.807) is 24.6 Å². The minimum absolute atomic E-state index is 0.317. The second-order valence-electron chi connectivity index (χ2n) is 5.02. The van der Waals surface area contributed by atoms with Crippen LogP contribution in [0.25, 0.3) is 10.9 Å². The lowest BCUT2D eigenvalue weighted by atomic mass is 10.2. The standard InChI is InChI=1S/C15H16N4O3/c1-9-8-13(18-22-9)16-14(20)10(2)21-15-11-6-4-5-7-12(11)19(3)17-15/h4-8,10H,1-3H3,(H,16,18,20)/t10-/m0/s1. The Morgan fingerprint density at radius 3 is 2.91 bits per heavy atom. The van der Waals surface area contributed by atoms with Crippen LogP contribution >= 0.6 is 0 Å². The number of aromatic nitrogens is 3. The van der Waals surface area contributed by atoms with E-state index < -0.39 is 6.10 Å². The van der Waals surface area contributed by atoms with Gasteiger partial charge in [-0.05, 0) is 26.0 Å². The Morgan fingerprint density at radius 2 is 2.18 bits per heavy atom. The Balaban J connectivity index is 1.75. The molecule has 0 saturated carbocycles. The molecule has 0 bridgehead atoms. The van der Waals surface area contributed by atoms with Gasteiger partial charge in [0.1, 0.15) is 5.76 Å². The largest absolute Gasteiger partial charge is 0.463 e. The van der Waals surface area contributed by atoms with Crippen molar-refractivity contribution in [3.8, 4) is 5.88 Å². The van der Waals surface area contributed by atoms with E-state index in [2.05, 4.69) is 15.6 Å². The highest BCUT2D eigenvalue weighted by Crippen LogP contribution is 2.24. The number of anilines is 1. The first-order valence-electron chi connectivity index (χ1n) is 6.87. The topological polar surface area (TPSA) is 82.2 Å². The predicted octanol–water partition coefficient (Wildman–Crippen LogP) is 2.28. The molecule has 7 heteroatoms. The zero-order valence-electron chi connectivity index (χ0n) is 12.5. The van der Waals surface area contributed by atoms with Gasteiger partial charge in [-0.1, -0.05) is 17.3 Å². The minimum atomic E-state index is -0.713. The first-order valence-corrected chi connectivity index (χ1v) is 6.87. The van der Waals surface area contributed by atoms with Crippen molar-refractivity contribution >= 4 is 22.6 Å². The van der Waals surface area contributed by atoms with Gasteiger partial charge in [-0.3, -0.25) is 9.48 Å². The maximum Gasteiger partial charge on any atom is 0.266 e. The summed E-state index contributed by atoms with van der Waals surface area (Å²) in [4.78, 5) is 12.1. The van der Waals surface area contributed by atoms with E-state index in [0.29, 0.717) is 17.5 Å². The number of rotatable bonds is 4. The average Bonchev–Trinajstić information content (AvgIpc) is 3.04. The molecule has 3 aromatic rings. The van der Waals surface area contributed by atoms with Crippen molar-refractivity contribution in [1.82, 2.24) is 14.9 Å². The van der Waals surface area contributed by atoms with Crippen LogP contribution in [-0.4, -0.2) is 26.9 Å². The fraction of sp³-hybridized carbons (Fsp3) is 0.267. The average molecular weight is 300 g/mol. The number of nitrogens with zero attached hydrogens (tertiary/aromatic N) is 3. The number of hydrogen-bond donors (Lipinski definition) is 1. The molecule has 7 nitrogen and oxygen atoms in total. The third kappa shape index (κ3) is 2.65. The maximum atomic E-state index is 12.1. The molecule has 114 valence electrons. The number of ether oxygens (including phenoxy) is 1. The summed E-state index contributed by atoms with van der Waals surface area (Å²) in [6.45, 7) is 3.41. The van der Waals surface area contributed by atoms with Crippen LogP contribution in [0.4, 0.5) is 5.82 Å². The molecule has 2 aromatic heterocycles. The van der Waals surface area contributed by atoms with Crippen molar-refractivity contribution in [2.45, 2.75) is 20.0 Å². The minimum Gasteiger partial charge on any atom is -0.463 e. The van der Waals surface area contributed by atoms with Crippen LogP contribution in [0.15, 0.2) is 34.9 Å². The zero-order chi connectivity index (χ0) is 15.7. The van der Waals surface area contributed by atoms with E-state index in [4.69, 9.17) is 9.26 Å². The number of para-hydroxylation sites is 1. The number of benzene rings is 1. The van der Waals surface area contributed by atoms with Crippen LogP contribution in [0.2, 0.25) is 0 Å². The number of amides is 1. The predicted molar refractivity (Wildman–Crippen MR) is 80.7 cm³/mol. The van der Waals surface area contributed by atoms with Gasteiger partial charge in [0.25, 0.3) is 5.91 Å². The number of aryl methyl sites for hydroxylation is 2. The molecule has 0 aliphatic carbocycles. The summed E-state index contributed by atoms with van der Waals surface area (Å²) in [6.07, 6.45) is -0.713. The van der Waals surface area contributed by atoms with Gasteiger partial charge in [0.05, 0.1) is 10.9 Å². The molecule has 22 heavy (non-hydrogen) atoms. The molecule has 0 unspecified atom stereocenters. The van der Waals surface area contributed by atoms with Gasteiger partial charge in [0, 0.05) is 13.1 Å². The van der Waals surface area contributed by atoms with Crippen LogP contribution in [0.5, 0.6) is 5.88 Å². The van der Waals surface area contributed by atoms with Crippen molar-refractivity contribution in [1.29, 1.82) is 0 Å². The van der Waals surface area contributed by atoms with Gasteiger partial charge in [-0.15, -0.1) is 5.10 Å². The molecule has 3 rings (SSSR count). The molecule has 1 N–H and O–H groups in total. The van der Waals surface area contributed by atoms with Crippen LogP contribution in [0.1, 0.15) is 12.7 Å². The van der Waals surface area contributed by atoms with E-state index in [1.807, 2.05) is 31.3 Å². The summed E-state index contributed by atoms with van der Waals surface area (Å²) < 4.78 is 12.3. The quantitative estimate of drug-likeness (QED) is 0.799. The Kier molecular flexibility index (Phi) is 3.54. The van der Waals surface area contributed by atoms with Crippen LogP contribution in [0.3, 0.4) is 0 Å². The SMILES string of the molecule is Cc1cc(NC(=O)[C@H](C)Oc2nn(C)c3ccccc23)no1. The van der Waals surface area contributed by atoms with Gasteiger partial charge in [-0.2, -0.15) is 0 Å². The molecular formula is C15H16N4O3. The van der Waals surface area contributed by atoms with Crippen molar-refractivity contribution in [2.75, 3.05) is 5.32 Å². The summed E-state index contributed by atoms with van der Waals surface area (Å²) in [5, 5.41) is 11.5. The smallest absolute Gasteiger partial charge is 0.266 e. The van der Waals surface area contributed by atoms with Crippen molar-refractivity contribution in [3.63, 3.8) is 0 Å². The van der Waals surface area contributed by atoms with Crippen molar-refractivity contribution < 1.29 is 14.1 Å². The normalized spacial score (nSPS) is 12.3. The van der Waals surface area contributed by atoms with Crippen LogP contribution in [-0.2, 0) is 11.8 Å². The summed E-state index contributed by atoms with van der Waals surface area (Å²) in [5.74, 6) is 1.10. The first kappa shape index (κ1) is 14.1. The van der Waals surface area contributed by atoms with Gasteiger partial charge in [0.15, 0.2) is 11.9 Å². The molecule has 0 aliphatic rings. The lowest BCUT2D eigenvalue weighted by Crippen LogP contribution is -2.30. The Bertz CT molecular complexity index is 821. The zero-order valence-corrected chi connectivity index (χ0v) is 12.5. The maximum absolute atomic E-state index is 12.1. The van der Waals surface area contributed by atoms with E-state index >= 15 is 0 Å². The summed E-state index contributed by atoms with van der Waals surface area (Å²) >= 11 is 0. The lowest BCUT2D eigenvalue weighted by molar-refractivity contribution is -0.122. The van der Waals surface area contributed by atoms with E-state index in [9.17, 15) is 4.79 Å². The number of hydrogen-bond acceptors (Lipinski definition) is 5. The molecule has 1 amide bonds. The van der Waals surface area contributed by atoms with Crippen molar-refractivity contribution in [3.05, 3.63) is 36.1 Å². The number of carbonyl (C=O) groups excluding carboxylic acids is 1. The molecule has 2 heterocycles. The fourth-order valence-corrected chi connectivity index (χ4v) is 2.14. The van der Waals surface area contributed by atoms with Gasteiger partial charge >= 0.3 is 0 Å². The molecule has 0 fully saturated rings. The highest BCUT2D eigenvalue weighted by molar-refractivity contribution is 5.93. The molecule has 1 atom stereocenters. The fourth-order valence-electron chi connectivity index (χ4n) is 2.14. The molecule has 0 saturated heterocycles. The summed E-state index contributed by atoms with van der Waals surface area (Å²) in [7, 11) is 1.83. The Labute approximate surface area is 126 Å². The number of nitrogens with one attached hydrogen (secondary N) is 1. The monoisotopic (exact) mass is 300 g/mol. The van der Waals surface area contributed by atoms with E-state index in [-0.39, 0.29) is 5.91 Å². The third-order valence-electron chi connectivity index (χ3n) is 3.26. The first-order chi connectivity index (χ1) is 10.5. The molecule has 1 aromatic carbocycles. The van der Waals surface area contributed by atoms with Crippen LogP contribution in [0, 0.1) is 6.92 Å². The second kappa shape index (κ2) is 5.51.